The highest BCUT2D eigenvalue weighted by atomic mass is 19.1. The van der Waals surface area contributed by atoms with E-state index in [0.717, 1.165) is 26.2 Å². The van der Waals surface area contributed by atoms with Crippen LogP contribution in [0.2, 0.25) is 0 Å². The molecule has 2 aromatic rings. The van der Waals surface area contributed by atoms with E-state index in [1.807, 2.05) is 12.1 Å². The molecule has 0 fully saturated rings. The molecule has 0 atom stereocenters. The largest absolute Gasteiger partial charge is 0.313 e. The molecule has 0 aliphatic rings. The lowest BCUT2D eigenvalue weighted by Crippen LogP contribution is -2.32. The molecule has 21 heavy (non-hydrogen) atoms. The lowest BCUT2D eigenvalue weighted by molar-refractivity contribution is 0.255. The SMILES string of the molecule is FCCNCCN(Cc1ccccc1)Cc1ccccc1. The summed E-state index contributed by atoms with van der Waals surface area (Å²) in [5.41, 5.74) is 2.61. The monoisotopic (exact) mass is 286 g/mol. The first kappa shape index (κ1) is 15.7. The van der Waals surface area contributed by atoms with Gasteiger partial charge < -0.3 is 5.32 Å². The molecule has 0 aliphatic heterocycles. The highest BCUT2D eigenvalue weighted by Crippen LogP contribution is 2.09. The van der Waals surface area contributed by atoms with Gasteiger partial charge in [0.2, 0.25) is 0 Å². The standard InChI is InChI=1S/C18H23FN2/c19-11-12-20-13-14-21(15-17-7-3-1-4-8-17)16-18-9-5-2-6-10-18/h1-10,20H,11-16H2. The molecule has 0 heterocycles. The van der Waals surface area contributed by atoms with Crippen molar-refractivity contribution in [3.8, 4) is 0 Å². The van der Waals surface area contributed by atoms with E-state index in [2.05, 4.69) is 58.7 Å². The van der Waals surface area contributed by atoms with Crippen LogP contribution in [0.3, 0.4) is 0 Å². The van der Waals surface area contributed by atoms with E-state index < -0.39 is 0 Å². The van der Waals surface area contributed by atoms with Crippen molar-refractivity contribution in [2.45, 2.75) is 13.1 Å². The highest BCUT2D eigenvalue weighted by molar-refractivity contribution is 5.17. The van der Waals surface area contributed by atoms with E-state index in [4.69, 9.17) is 0 Å². The maximum Gasteiger partial charge on any atom is 0.102 e. The summed E-state index contributed by atoms with van der Waals surface area (Å²) in [4.78, 5) is 2.38. The number of halogens is 1. The summed E-state index contributed by atoms with van der Waals surface area (Å²) in [6.07, 6.45) is 0. The van der Waals surface area contributed by atoms with Gasteiger partial charge in [0.15, 0.2) is 0 Å². The predicted octanol–water partition coefficient (Wildman–Crippen LogP) is 3.25. The fourth-order valence-electron chi connectivity index (χ4n) is 2.33. The minimum absolute atomic E-state index is 0.308. The summed E-state index contributed by atoms with van der Waals surface area (Å²) in [6.45, 7) is 3.66. The summed E-state index contributed by atoms with van der Waals surface area (Å²) < 4.78 is 12.1. The molecular formula is C18H23FN2. The van der Waals surface area contributed by atoms with Crippen molar-refractivity contribution in [3.05, 3.63) is 71.8 Å². The molecule has 1 N–H and O–H groups in total. The van der Waals surface area contributed by atoms with E-state index in [9.17, 15) is 4.39 Å². The third kappa shape index (κ3) is 6.06. The van der Waals surface area contributed by atoms with Crippen molar-refractivity contribution in [1.29, 1.82) is 0 Å². The molecule has 2 nitrogen and oxygen atoms in total. The van der Waals surface area contributed by atoms with Crippen molar-refractivity contribution in [2.24, 2.45) is 0 Å². The van der Waals surface area contributed by atoms with E-state index in [1.54, 1.807) is 0 Å². The summed E-state index contributed by atoms with van der Waals surface area (Å²) in [7, 11) is 0. The predicted molar refractivity (Wildman–Crippen MR) is 85.8 cm³/mol. The Morgan fingerprint density at radius 2 is 1.29 bits per heavy atom. The number of hydrogen-bond acceptors (Lipinski definition) is 2. The van der Waals surface area contributed by atoms with Gasteiger partial charge in [0.1, 0.15) is 6.67 Å². The average molecular weight is 286 g/mol. The molecule has 0 aromatic heterocycles. The van der Waals surface area contributed by atoms with E-state index in [0.29, 0.717) is 6.54 Å². The van der Waals surface area contributed by atoms with Gasteiger partial charge in [0, 0.05) is 32.7 Å². The second-order valence-electron chi connectivity index (χ2n) is 5.12. The van der Waals surface area contributed by atoms with Crippen LogP contribution in [0.15, 0.2) is 60.7 Å². The Bertz CT molecular complexity index is 446. The minimum atomic E-state index is -0.308. The Morgan fingerprint density at radius 3 is 1.76 bits per heavy atom. The quantitative estimate of drug-likeness (QED) is 0.712. The molecule has 3 heteroatoms. The number of alkyl halides is 1. The van der Waals surface area contributed by atoms with E-state index in [1.165, 1.54) is 11.1 Å². The first-order valence-electron chi connectivity index (χ1n) is 7.45. The molecule has 2 aromatic carbocycles. The Labute approximate surface area is 126 Å². The molecule has 0 saturated carbocycles. The molecule has 112 valence electrons. The second-order valence-corrected chi connectivity index (χ2v) is 5.12. The van der Waals surface area contributed by atoms with Crippen LogP contribution in [0.4, 0.5) is 4.39 Å². The first-order chi connectivity index (χ1) is 10.4. The van der Waals surface area contributed by atoms with E-state index >= 15 is 0 Å². The van der Waals surface area contributed by atoms with Crippen LogP contribution >= 0.6 is 0 Å². The fraction of sp³-hybridized carbons (Fsp3) is 0.333. The van der Waals surface area contributed by atoms with Crippen LogP contribution < -0.4 is 5.32 Å². The first-order valence-corrected chi connectivity index (χ1v) is 7.45. The molecule has 0 spiro atoms. The molecular weight excluding hydrogens is 263 g/mol. The normalized spacial score (nSPS) is 11.0. The number of hydrogen-bond donors (Lipinski definition) is 1. The Balaban J connectivity index is 1.93. The van der Waals surface area contributed by atoms with Gasteiger partial charge in [-0.3, -0.25) is 4.90 Å². The van der Waals surface area contributed by atoms with Gasteiger partial charge in [-0.2, -0.15) is 0 Å². The number of nitrogens with one attached hydrogen (secondary N) is 1. The molecule has 0 aliphatic carbocycles. The zero-order valence-electron chi connectivity index (χ0n) is 12.3. The number of benzene rings is 2. The minimum Gasteiger partial charge on any atom is -0.313 e. The Kier molecular flexibility index (Phi) is 6.92. The van der Waals surface area contributed by atoms with Gasteiger partial charge in [-0.05, 0) is 11.1 Å². The van der Waals surface area contributed by atoms with Crippen LogP contribution in [-0.4, -0.2) is 31.2 Å². The van der Waals surface area contributed by atoms with Crippen molar-refractivity contribution in [2.75, 3.05) is 26.3 Å². The maximum absolute atomic E-state index is 12.1. The lowest BCUT2D eigenvalue weighted by Gasteiger charge is -2.22. The average Bonchev–Trinajstić information content (AvgIpc) is 2.53. The van der Waals surface area contributed by atoms with E-state index in [-0.39, 0.29) is 6.67 Å². The molecule has 0 amide bonds. The number of nitrogens with zero attached hydrogens (tertiary/aromatic N) is 1. The molecule has 0 radical (unpaired) electrons. The van der Waals surface area contributed by atoms with Crippen LogP contribution in [0.25, 0.3) is 0 Å². The van der Waals surface area contributed by atoms with Gasteiger partial charge in [0.25, 0.3) is 0 Å². The van der Waals surface area contributed by atoms with Crippen LogP contribution in [0, 0.1) is 0 Å². The van der Waals surface area contributed by atoms with Crippen LogP contribution in [-0.2, 0) is 13.1 Å². The fourth-order valence-corrected chi connectivity index (χ4v) is 2.33. The van der Waals surface area contributed by atoms with Crippen LogP contribution in [0.1, 0.15) is 11.1 Å². The van der Waals surface area contributed by atoms with Gasteiger partial charge in [-0.15, -0.1) is 0 Å². The van der Waals surface area contributed by atoms with Crippen LogP contribution in [0.5, 0.6) is 0 Å². The summed E-state index contributed by atoms with van der Waals surface area (Å²) in [5, 5.41) is 3.12. The topological polar surface area (TPSA) is 15.3 Å². The zero-order valence-corrected chi connectivity index (χ0v) is 12.3. The molecule has 0 unspecified atom stereocenters. The van der Waals surface area contributed by atoms with Crippen molar-refractivity contribution in [1.82, 2.24) is 10.2 Å². The third-order valence-corrected chi connectivity index (χ3v) is 3.37. The van der Waals surface area contributed by atoms with Gasteiger partial charge in [0.05, 0.1) is 0 Å². The molecule has 0 bridgehead atoms. The van der Waals surface area contributed by atoms with Gasteiger partial charge in [-0.25, -0.2) is 4.39 Å². The second kappa shape index (κ2) is 9.27. The summed E-state index contributed by atoms with van der Waals surface area (Å²) >= 11 is 0. The van der Waals surface area contributed by atoms with Gasteiger partial charge in [-0.1, -0.05) is 60.7 Å². The molecule has 2 rings (SSSR count). The number of rotatable bonds is 9. The Morgan fingerprint density at radius 1 is 0.762 bits per heavy atom. The third-order valence-electron chi connectivity index (χ3n) is 3.37. The zero-order chi connectivity index (χ0) is 14.8. The maximum atomic E-state index is 12.1. The van der Waals surface area contributed by atoms with Gasteiger partial charge >= 0.3 is 0 Å². The summed E-state index contributed by atoms with van der Waals surface area (Å²) in [6, 6.07) is 20.9. The lowest BCUT2D eigenvalue weighted by atomic mass is 10.1. The highest BCUT2D eigenvalue weighted by Gasteiger charge is 2.06. The smallest absolute Gasteiger partial charge is 0.102 e. The Hall–Kier alpha value is -1.71. The van der Waals surface area contributed by atoms with Crippen molar-refractivity contribution < 1.29 is 4.39 Å². The van der Waals surface area contributed by atoms with Crippen molar-refractivity contribution >= 4 is 0 Å². The molecule has 0 saturated heterocycles. The van der Waals surface area contributed by atoms with Crippen molar-refractivity contribution in [3.63, 3.8) is 0 Å². The summed E-state index contributed by atoms with van der Waals surface area (Å²) in [5.74, 6) is 0.